The molecule has 2 heterocycles. The lowest BCUT2D eigenvalue weighted by atomic mass is 9.97. The van der Waals surface area contributed by atoms with E-state index in [2.05, 4.69) is 35.3 Å². The Balaban J connectivity index is 1.29. The molecule has 8 heteroatoms. The first kappa shape index (κ1) is 25.0. The molecule has 0 N–H and O–H groups in total. The minimum absolute atomic E-state index is 0.0234. The number of amidine groups is 1. The standard InChI is InChI=1S/C31H24FN3O3S/c1-38-25-14-10-20(11-15-25)27-17-26(23-7-6-19-4-2-3-5-22(19)16-23)34-35(27)31-33-30(37)29(39-31)18-28(36)21-8-12-24(32)13-9-21/h2-16,27,29H,17-18H2,1H3/t27-,29+/m1/s1. The minimum atomic E-state index is -0.658. The molecule has 4 aromatic carbocycles. The van der Waals surface area contributed by atoms with Crippen molar-refractivity contribution in [3.63, 3.8) is 0 Å². The van der Waals surface area contributed by atoms with Crippen LogP contribution in [0.1, 0.15) is 40.4 Å². The lowest BCUT2D eigenvalue weighted by Gasteiger charge is -2.23. The summed E-state index contributed by atoms with van der Waals surface area (Å²) in [5.41, 5.74) is 3.28. The summed E-state index contributed by atoms with van der Waals surface area (Å²) >= 11 is 1.25. The van der Waals surface area contributed by atoms with Crippen LogP contribution >= 0.6 is 11.8 Å². The third-order valence-corrected chi connectivity index (χ3v) is 8.10. The Morgan fingerprint density at radius 2 is 1.74 bits per heavy atom. The van der Waals surface area contributed by atoms with E-state index in [0.29, 0.717) is 17.2 Å². The quantitative estimate of drug-likeness (QED) is 0.266. The minimum Gasteiger partial charge on any atom is -0.497 e. The van der Waals surface area contributed by atoms with Crippen molar-refractivity contribution in [1.82, 2.24) is 5.01 Å². The molecule has 2 atom stereocenters. The van der Waals surface area contributed by atoms with Crippen LogP contribution in [0.2, 0.25) is 0 Å². The van der Waals surface area contributed by atoms with E-state index in [1.807, 2.05) is 36.4 Å². The number of ether oxygens (including phenoxy) is 1. The Kier molecular flexibility index (Phi) is 6.70. The van der Waals surface area contributed by atoms with Crippen molar-refractivity contribution in [2.24, 2.45) is 10.1 Å². The van der Waals surface area contributed by atoms with Crippen molar-refractivity contribution in [2.75, 3.05) is 7.11 Å². The van der Waals surface area contributed by atoms with Gasteiger partial charge in [0, 0.05) is 18.4 Å². The van der Waals surface area contributed by atoms with Crippen molar-refractivity contribution in [3.05, 3.63) is 114 Å². The number of thioether (sulfide) groups is 1. The molecule has 0 saturated heterocycles. The molecular formula is C31H24FN3O3S. The van der Waals surface area contributed by atoms with E-state index in [1.54, 1.807) is 12.1 Å². The van der Waals surface area contributed by atoms with Gasteiger partial charge in [-0.15, -0.1) is 0 Å². The fourth-order valence-electron chi connectivity index (χ4n) is 4.84. The van der Waals surface area contributed by atoms with Crippen LogP contribution < -0.4 is 4.74 Å². The molecule has 39 heavy (non-hydrogen) atoms. The molecule has 2 aliphatic rings. The molecule has 6 nitrogen and oxygen atoms in total. The highest BCUT2D eigenvalue weighted by Crippen LogP contribution is 2.39. The van der Waals surface area contributed by atoms with Crippen LogP contribution in [0.25, 0.3) is 10.8 Å². The number of amides is 1. The Labute approximate surface area is 229 Å². The van der Waals surface area contributed by atoms with Crippen molar-refractivity contribution in [3.8, 4) is 5.75 Å². The average Bonchev–Trinajstić information content (AvgIpc) is 3.57. The maximum absolute atomic E-state index is 13.3. The lowest BCUT2D eigenvalue weighted by molar-refractivity contribution is -0.117. The number of methoxy groups -OCH3 is 1. The summed E-state index contributed by atoms with van der Waals surface area (Å²) in [5.74, 6) is -0.262. The van der Waals surface area contributed by atoms with Crippen LogP contribution in [-0.4, -0.2) is 39.9 Å². The maximum Gasteiger partial charge on any atom is 0.262 e. The zero-order valence-electron chi connectivity index (χ0n) is 21.1. The molecule has 1 amide bonds. The van der Waals surface area contributed by atoms with Crippen LogP contribution in [0, 0.1) is 5.82 Å². The Hall–Kier alpha value is -4.30. The maximum atomic E-state index is 13.3. The predicted octanol–water partition coefficient (Wildman–Crippen LogP) is 6.41. The van der Waals surface area contributed by atoms with Crippen LogP contribution in [0.4, 0.5) is 4.39 Å². The van der Waals surface area contributed by atoms with Crippen LogP contribution in [0.15, 0.2) is 101 Å². The van der Waals surface area contributed by atoms with Gasteiger partial charge >= 0.3 is 0 Å². The van der Waals surface area contributed by atoms with Gasteiger partial charge in [0.05, 0.1) is 18.9 Å². The number of Topliss-reactive ketones (excluding diaryl/α,β-unsaturated/α-hetero) is 1. The molecule has 4 aromatic rings. The van der Waals surface area contributed by atoms with E-state index in [9.17, 15) is 14.0 Å². The first-order valence-electron chi connectivity index (χ1n) is 12.6. The molecule has 0 bridgehead atoms. The van der Waals surface area contributed by atoms with Crippen molar-refractivity contribution >= 4 is 45.1 Å². The Bertz CT molecular complexity index is 1630. The second kappa shape index (κ2) is 10.5. The second-order valence-corrected chi connectivity index (χ2v) is 10.6. The van der Waals surface area contributed by atoms with Gasteiger partial charge in [-0.2, -0.15) is 10.1 Å². The number of benzene rings is 4. The number of hydrazone groups is 1. The largest absolute Gasteiger partial charge is 0.497 e. The predicted molar refractivity (Wildman–Crippen MR) is 152 cm³/mol. The van der Waals surface area contributed by atoms with Gasteiger partial charge in [-0.1, -0.05) is 60.3 Å². The first-order valence-corrected chi connectivity index (χ1v) is 13.4. The third-order valence-electron chi connectivity index (χ3n) is 6.96. The summed E-state index contributed by atoms with van der Waals surface area (Å²) in [7, 11) is 1.63. The Morgan fingerprint density at radius 1 is 1.00 bits per heavy atom. The van der Waals surface area contributed by atoms with E-state index in [0.717, 1.165) is 33.4 Å². The molecule has 0 fully saturated rings. The second-order valence-electron chi connectivity index (χ2n) is 9.42. The number of halogens is 1. The van der Waals surface area contributed by atoms with Crippen LogP contribution in [-0.2, 0) is 4.79 Å². The number of rotatable bonds is 6. The molecule has 6 rings (SSSR count). The molecule has 194 valence electrons. The van der Waals surface area contributed by atoms with Crippen molar-refractivity contribution in [1.29, 1.82) is 0 Å². The summed E-state index contributed by atoms with van der Waals surface area (Å²) in [6.07, 6.45) is 0.599. The average molecular weight is 538 g/mol. The highest BCUT2D eigenvalue weighted by atomic mass is 32.2. The van der Waals surface area contributed by atoms with E-state index < -0.39 is 11.1 Å². The summed E-state index contributed by atoms with van der Waals surface area (Å²) in [6, 6.07) is 27.4. The molecule has 0 radical (unpaired) electrons. The zero-order chi connectivity index (χ0) is 26.9. The third kappa shape index (κ3) is 5.07. The number of hydrogen-bond acceptors (Lipinski definition) is 6. The highest BCUT2D eigenvalue weighted by molar-refractivity contribution is 8.15. The van der Waals surface area contributed by atoms with E-state index in [-0.39, 0.29) is 24.2 Å². The lowest BCUT2D eigenvalue weighted by Crippen LogP contribution is -2.24. The van der Waals surface area contributed by atoms with E-state index in [1.165, 1.54) is 36.0 Å². The molecule has 0 saturated carbocycles. The first-order chi connectivity index (χ1) is 19.0. The molecule has 0 aromatic heterocycles. The highest BCUT2D eigenvalue weighted by Gasteiger charge is 2.39. The van der Waals surface area contributed by atoms with E-state index >= 15 is 0 Å². The molecule has 0 unspecified atom stereocenters. The van der Waals surface area contributed by atoms with Gasteiger partial charge in [0.2, 0.25) is 0 Å². The summed E-state index contributed by atoms with van der Waals surface area (Å²) in [4.78, 5) is 30.0. The van der Waals surface area contributed by atoms with Gasteiger partial charge in [0.15, 0.2) is 11.0 Å². The number of carbonyl (C=O) groups is 2. The van der Waals surface area contributed by atoms with Crippen LogP contribution in [0.3, 0.4) is 0 Å². The fraction of sp³-hybridized carbons (Fsp3) is 0.161. The van der Waals surface area contributed by atoms with Crippen molar-refractivity contribution < 1.29 is 18.7 Å². The fourth-order valence-corrected chi connectivity index (χ4v) is 5.90. The van der Waals surface area contributed by atoms with Crippen molar-refractivity contribution in [2.45, 2.75) is 24.1 Å². The SMILES string of the molecule is COc1ccc([C@H]2CC(c3ccc4ccccc4c3)=NN2C2=NC(=O)[C@H](CC(=O)c3ccc(F)cc3)S2)cc1. The number of fused-ring (bicyclic) bond motifs is 1. The Morgan fingerprint density at radius 3 is 2.49 bits per heavy atom. The molecule has 0 spiro atoms. The molecular weight excluding hydrogens is 513 g/mol. The number of nitrogens with zero attached hydrogens (tertiary/aromatic N) is 3. The van der Waals surface area contributed by atoms with Gasteiger partial charge in [-0.25, -0.2) is 9.40 Å². The topological polar surface area (TPSA) is 71.3 Å². The zero-order valence-corrected chi connectivity index (χ0v) is 21.9. The number of carbonyl (C=O) groups excluding carboxylic acids is 2. The van der Waals surface area contributed by atoms with Crippen LogP contribution in [0.5, 0.6) is 5.75 Å². The summed E-state index contributed by atoms with van der Waals surface area (Å²) in [5, 5.41) is 8.84. The normalized spacial score (nSPS) is 18.8. The number of aliphatic imine (C=N–C) groups is 1. The van der Waals surface area contributed by atoms with Gasteiger partial charge in [0.1, 0.15) is 16.8 Å². The summed E-state index contributed by atoms with van der Waals surface area (Å²) < 4.78 is 18.6. The monoisotopic (exact) mass is 537 g/mol. The smallest absolute Gasteiger partial charge is 0.262 e. The van der Waals surface area contributed by atoms with Gasteiger partial charge in [0.25, 0.3) is 5.91 Å². The van der Waals surface area contributed by atoms with Gasteiger partial charge < -0.3 is 4.74 Å². The molecule has 2 aliphatic heterocycles. The van der Waals surface area contributed by atoms with Gasteiger partial charge in [-0.3, -0.25) is 9.59 Å². The summed E-state index contributed by atoms with van der Waals surface area (Å²) in [6.45, 7) is 0. The molecule has 0 aliphatic carbocycles. The van der Waals surface area contributed by atoms with E-state index in [4.69, 9.17) is 9.84 Å². The van der Waals surface area contributed by atoms with Gasteiger partial charge in [-0.05, 0) is 64.4 Å². The number of ketones is 1. The number of hydrogen-bond donors (Lipinski definition) is 0.